The lowest BCUT2D eigenvalue weighted by Gasteiger charge is -2.22. The highest BCUT2D eigenvalue weighted by atomic mass is 32.2. The Morgan fingerprint density at radius 3 is 2.29 bits per heavy atom. The number of nitrogens with one attached hydrogen (secondary N) is 1. The van der Waals surface area contributed by atoms with Crippen molar-refractivity contribution in [2.75, 3.05) is 6.61 Å². The molecule has 118 valence electrons. The first-order valence-corrected chi connectivity index (χ1v) is 8.49. The van der Waals surface area contributed by atoms with Gasteiger partial charge in [0, 0.05) is 6.42 Å². The summed E-state index contributed by atoms with van der Waals surface area (Å²) >= 11 is 0. The number of hydrogen-bond donors (Lipinski definition) is 1. The highest BCUT2D eigenvalue weighted by molar-refractivity contribution is 7.89. The summed E-state index contributed by atoms with van der Waals surface area (Å²) in [5, 5.41) is 0. The van der Waals surface area contributed by atoms with Crippen molar-refractivity contribution in [3.63, 3.8) is 0 Å². The number of ether oxygens (including phenoxy) is 1. The van der Waals surface area contributed by atoms with Gasteiger partial charge in [-0.15, -0.1) is 0 Å². The van der Waals surface area contributed by atoms with Gasteiger partial charge in [-0.1, -0.05) is 38.5 Å². The number of carbonyl (C=O) groups excluding carboxylic acids is 1. The number of hydrogen-bond acceptors (Lipinski definition) is 4. The number of carbonyl (C=O) groups is 1. The van der Waals surface area contributed by atoms with Gasteiger partial charge >= 0.3 is 5.97 Å². The Labute approximate surface area is 126 Å². The van der Waals surface area contributed by atoms with Gasteiger partial charge in [0.15, 0.2) is 0 Å². The zero-order valence-electron chi connectivity index (χ0n) is 12.9. The number of benzene rings is 1. The summed E-state index contributed by atoms with van der Waals surface area (Å²) in [4.78, 5) is 11.4. The maximum Gasteiger partial charge on any atom is 0.305 e. The molecule has 1 N–H and O–H groups in total. The second-order valence-electron chi connectivity index (χ2n) is 5.32. The van der Waals surface area contributed by atoms with Gasteiger partial charge in [-0.25, -0.2) is 13.1 Å². The van der Waals surface area contributed by atoms with Crippen molar-refractivity contribution in [3.05, 3.63) is 29.8 Å². The lowest BCUT2D eigenvalue weighted by atomic mass is 10.1. The lowest BCUT2D eigenvalue weighted by molar-refractivity contribution is -0.144. The Balaban J connectivity index is 2.82. The third-order valence-electron chi connectivity index (χ3n) is 3.16. The normalized spacial score (nSPS) is 13.2. The van der Waals surface area contributed by atoms with Crippen LogP contribution in [0, 0.1) is 12.8 Å². The zero-order chi connectivity index (χ0) is 16.0. The predicted molar refractivity (Wildman–Crippen MR) is 81.4 cm³/mol. The molecule has 0 aliphatic heterocycles. The minimum Gasteiger partial charge on any atom is -0.464 e. The number of aryl methyl sites for hydroxylation is 1. The highest BCUT2D eigenvalue weighted by Crippen LogP contribution is 2.13. The van der Waals surface area contributed by atoms with Gasteiger partial charge < -0.3 is 4.74 Å². The molecule has 21 heavy (non-hydrogen) atoms. The largest absolute Gasteiger partial charge is 0.464 e. The molecule has 5 nitrogen and oxygen atoms in total. The van der Waals surface area contributed by atoms with Gasteiger partial charge in [-0.3, -0.25) is 4.79 Å². The van der Waals surface area contributed by atoms with Gasteiger partial charge in [-0.2, -0.15) is 0 Å². The molecule has 0 unspecified atom stereocenters. The Morgan fingerprint density at radius 2 is 1.81 bits per heavy atom. The van der Waals surface area contributed by atoms with Crippen molar-refractivity contribution < 1.29 is 17.9 Å². The maximum atomic E-state index is 12.3. The first-order chi connectivity index (χ1) is 9.76. The van der Waals surface area contributed by atoms with E-state index < -0.39 is 16.1 Å². The van der Waals surface area contributed by atoms with E-state index >= 15 is 0 Å². The molecule has 6 heteroatoms. The Hall–Kier alpha value is -1.40. The fourth-order valence-electron chi connectivity index (χ4n) is 1.63. The molecule has 0 bridgehead atoms. The molecule has 0 fully saturated rings. The topological polar surface area (TPSA) is 72.5 Å². The fourth-order valence-corrected chi connectivity index (χ4v) is 3.00. The van der Waals surface area contributed by atoms with Crippen LogP contribution in [0.3, 0.4) is 0 Å². The van der Waals surface area contributed by atoms with Crippen LogP contribution in [0.15, 0.2) is 29.2 Å². The minimum absolute atomic E-state index is 0.00915. The van der Waals surface area contributed by atoms with Crippen LogP contribution < -0.4 is 4.72 Å². The second kappa shape index (κ2) is 7.56. The maximum absolute atomic E-state index is 12.3. The third kappa shape index (κ3) is 5.47. The van der Waals surface area contributed by atoms with E-state index in [0.717, 1.165) is 5.56 Å². The molecule has 1 aromatic rings. The monoisotopic (exact) mass is 313 g/mol. The Kier molecular flexibility index (Phi) is 6.36. The summed E-state index contributed by atoms with van der Waals surface area (Å²) in [5.74, 6) is -0.329. The predicted octanol–water partition coefficient (Wildman–Crippen LogP) is 2.25. The summed E-state index contributed by atoms with van der Waals surface area (Å²) < 4.78 is 32.3. The van der Waals surface area contributed by atoms with Crippen molar-refractivity contribution in [1.29, 1.82) is 0 Å². The van der Waals surface area contributed by atoms with Crippen LogP contribution in [0.2, 0.25) is 0 Å². The van der Waals surface area contributed by atoms with Crippen LogP contribution in [-0.4, -0.2) is 27.0 Å². The van der Waals surface area contributed by atoms with Crippen molar-refractivity contribution in [1.82, 2.24) is 4.72 Å². The second-order valence-corrected chi connectivity index (χ2v) is 7.04. The molecule has 0 aromatic heterocycles. The summed E-state index contributed by atoms with van der Waals surface area (Å²) in [6.07, 6.45) is 0.273. The molecule has 0 saturated carbocycles. The van der Waals surface area contributed by atoms with E-state index in [4.69, 9.17) is 4.74 Å². The molecule has 0 heterocycles. The SMILES string of the molecule is CCC(=O)OC[C@H](NS(=O)(=O)c1ccc(C)cc1)C(C)C. The minimum atomic E-state index is -3.62. The number of rotatable bonds is 7. The molecule has 0 amide bonds. The van der Waals surface area contributed by atoms with Crippen molar-refractivity contribution in [2.45, 2.75) is 45.1 Å². The van der Waals surface area contributed by atoms with Crippen molar-refractivity contribution in [2.24, 2.45) is 5.92 Å². The molecular formula is C15H23NO4S. The van der Waals surface area contributed by atoms with Gasteiger partial charge in [0.2, 0.25) is 10.0 Å². The standard InChI is InChI=1S/C15H23NO4S/c1-5-15(17)20-10-14(11(2)3)16-21(18,19)13-8-6-12(4)7-9-13/h6-9,11,14,16H,5,10H2,1-4H3/t14-/m0/s1. The zero-order valence-corrected chi connectivity index (χ0v) is 13.7. The molecule has 0 aliphatic rings. The summed E-state index contributed by atoms with van der Waals surface area (Å²) in [5.41, 5.74) is 0.992. The van der Waals surface area contributed by atoms with Crippen LogP contribution in [0.1, 0.15) is 32.8 Å². The highest BCUT2D eigenvalue weighted by Gasteiger charge is 2.23. The van der Waals surface area contributed by atoms with Crippen LogP contribution in [0.25, 0.3) is 0 Å². The average molecular weight is 313 g/mol. The first-order valence-electron chi connectivity index (χ1n) is 7.01. The van der Waals surface area contributed by atoms with E-state index in [1.165, 1.54) is 0 Å². The lowest BCUT2D eigenvalue weighted by Crippen LogP contribution is -2.42. The number of sulfonamides is 1. The van der Waals surface area contributed by atoms with Crippen LogP contribution in [-0.2, 0) is 19.6 Å². The summed E-state index contributed by atoms with van der Waals surface area (Å²) in [6, 6.07) is 6.17. The number of esters is 1. The molecule has 1 aromatic carbocycles. The molecule has 1 rings (SSSR count). The molecule has 0 spiro atoms. The summed E-state index contributed by atoms with van der Waals surface area (Å²) in [7, 11) is -3.62. The molecule has 0 saturated heterocycles. The van der Waals surface area contributed by atoms with E-state index in [2.05, 4.69) is 4.72 Å². The Bertz CT molecular complexity index is 564. The van der Waals surface area contributed by atoms with Crippen LogP contribution >= 0.6 is 0 Å². The third-order valence-corrected chi connectivity index (χ3v) is 4.66. The molecule has 1 atom stereocenters. The van der Waals surface area contributed by atoms with E-state index in [1.54, 1.807) is 31.2 Å². The van der Waals surface area contributed by atoms with E-state index in [1.807, 2.05) is 20.8 Å². The van der Waals surface area contributed by atoms with Crippen molar-refractivity contribution >= 4 is 16.0 Å². The van der Waals surface area contributed by atoms with Gasteiger partial charge in [0.05, 0.1) is 10.9 Å². The van der Waals surface area contributed by atoms with E-state index in [9.17, 15) is 13.2 Å². The fraction of sp³-hybridized carbons (Fsp3) is 0.533. The van der Waals surface area contributed by atoms with Gasteiger partial charge in [0.25, 0.3) is 0 Å². The van der Waals surface area contributed by atoms with Gasteiger partial charge in [0.1, 0.15) is 6.61 Å². The molecule has 0 aliphatic carbocycles. The van der Waals surface area contributed by atoms with E-state index in [-0.39, 0.29) is 29.8 Å². The smallest absolute Gasteiger partial charge is 0.305 e. The van der Waals surface area contributed by atoms with E-state index in [0.29, 0.717) is 0 Å². The molecule has 0 radical (unpaired) electrons. The van der Waals surface area contributed by atoms with Crippen LogP contribution in [0.5, 0.6) is 0 Å². The quantitative estimate of drug-likeness (QED) is 0.784. The first kappa shape index (κ1) is 17.7. The average Bonchev–Trinajstić information content (AvgIpc) is 2.43. The van der Waals surface area contributed by atoms with Crippen LogP contribution in [0.4, 0.5) is 0 Å². The van der Waals surface area contributed by atoms with Crippen molar-refractivity contribution in [3.8, 4) is 0 Å². The Morgan fingerprint density at radius 1 is 1.24 bits per heavy atom. The summed E-state index contributed by atoms with van der Waals surface area (Å²) in [6.45, 7) is 7.38. The van der Waals surface area contributed by atoms with Gasteiger partial charge in [-0.05, 0) is 25.0 Å². The molecular weight excluding hydrogens is 290 g/mol.